The Morgan fingerprint density at radius 3 is 2.48 bits per heavy atom. The molecule has 1 amide bonds. The summed E-state index contributed by atoms with van der Waals surface area (Å²) in [4.78, 5) is 14.0. The number of hydrogen-bond acceptors (Lipinski definition) is 2. The first-order chi connectivity index (χ1) is 10.2. The van der Waals surface area contributed by atoms with E-state index in [0.29, 0.717) is 11.1 Å². The van der Waals surface area contributed by atoms with Crippen molar-refractivity contribution in [2.45, 2.75) is 32.0 Å². The molecule has 0 aliphatic carbocycles. The van der Waals surface area contributed by atoms with Crippen LogP contribution in [-0.2, 0) is 6.42 Å². The highest BCUT2D eigenvalue weighted by Gasteiger charge is 2.37. The average molecular weight is 281 g/mol. The summed E-state index contributed by atoms with van der Waals surface area (Å²) in [6, 6.07) is 17.5. The van der Waals surface area contributed by atoms with Gasteiger partial charge in [0.1, 0.15) is 0 Å². The van der Waals surface area contributed by atoms with Gasteiger partial charge in [0.25, 0.3) is 5.91 Å². The zero-order valence-electron chi connectivity index (χ0n) is 12.1. The number of rotatable bonds is 4. The van der Waals surface area contributed by atoms with E-state index in [4.69, 9.17) is 0 Å². The van der Waals surface area contributed by atoms with Gasteiger partial charge in [0, 0.05) is 17.2 Å². The maximum atomic E-state index is 12.4. The van der Waals surface area contributed by atoms with Gasteiger partial charge in [-0.15, -0.1) is 0 Å². The Labute approximate surface area is 124 Å². The van der Waals surface area contributed by atoms with Crippen molar-refractivity contribution in [2.75, 3.05) is 0 Å². The zero-order valence-corrected chi connectivity index (χ0v) is 12.1. The minimum Gasteiger partial charge on any atom is -0.369 e. The zero-order chi connectivity index (χ0) is 14.8. The van der Waals surface area contributed by atoms with E-state index < -0.39 is 6.23 Å². The number of aliphatic hydroxyl groups excluding tert-OH is 1. The molecule has 0 aromatic heterocycles. The molecular formula is C18H19NO2. The van der Waals surface area contributed by atoms with E-state index in [-0.39, 0.29) is 11.9 Å². The lowest BCUT2D eigenvalue weighted by atomic mass is 10.1. The number of hydrogen-bond donors (Lipinski definition) is 1. The second-order valence-electron chi connectivity index (χ2n) is 5.55. The molecule has 1 heterocycles. The van der Waals surface area contributed by atoms with Gasteiger partial charge in [-0.25, -0.2) is 0 Å². The molecule has 0 bridgehead atoms. The third kappa shape index (κ3) is 2.57. The van der Waals surface area contributed by atoms with Crippen molar-refractivity contribution in [1.29, 1.82) is 0 Å². The van der Waals surface area contributed by atoms with E-state index in [1.54, 1.807) is 11.0 Å². The van der Waals surface area contributed by atoms with Crippen molar-refractivity contribution < 1.29 is 9.90 Å². The van der Waals surface area contributed by atoms with Crippen LogP contribution >= 0.6 is 0 Å². The molecule has 3 nitrogen and oxygen atoms in total. The second-order valence-corrected chi connectivity index (χ2v) is 5.55. The van der Waals surface area contributed by atoms with E-state index in [2.05, 4.69) is 12.1 Å². The van der Waals surface area contributed by atoms with E-state index >= 15 is 0 Å². The van der Waals surface area contributed by atoms with Gasteiger partial charge >= 0.3 is 0 Å². The molecule has 1 aliphatic rings. The van der Waals surface area contributed by atoms with E-state index in [9.17, 15) is 9.90 Å². The van der Waals surface area contributed by atoms with Crippen molar-refractivity contribution in [2.24, 2.45) is 0 Å². The maximum Gasteiger partial charge on any atom is 0.256 e. The number of aryl methyl sites for hydroxylation is 1. The first-order valence-corrected chi connectivity index (χ1v) is 7.32. The maximum absolute atomic E-state index is 12.4. The Hall–Kier alpha value is -2.13. The fraction of sp³-hybridized carbons (Fsp3) is 0.278. The molecule has 3 heteroatoms. The molecule has 2 aromatic carbocycles. The highest BCUT2D eigenvalue weighted by atomic mass is 16.3. The van der Waals surface area contributed by atoms with Crippen LogP contribution in [0, 0.1) is 0 Å². The molecular weight excluding hydrogens is 262 g/mol. The Kier molecular flexibility index (Phi) is 3.76. The molecule has 0 spiro atoms. The lowest BCUT2D eigenvalue weighted by Crippen LogP contribution is -2.36. The van der Waals surface area contributed by atoms with Crippen LogP contribution in [0.2, 0.25) is 0 Å². The van der Waals surface area contributed by atoms with Crippen molar-refractivity contribution in [3.8, 4) is 0 Å². The van der Waals surface area contributed by atoms with Crippen LogP contribution in [0.15, 0.2) is 54.6 Å². The van der Waals surface area contributed by atoms with Crippen LogP contribution in [0.5, 0.6) is 0 Å². The molecule has 0 saturated heterocycles. The fourth-order valence-electron chi connectivity index (χ4n) is 2.92. The Morgan fingerprint density at radius 2 is 1.76 bits per heavy atom. The van der Waals surface area contributed by atoms with E-state index in [0.717, 1.165) is 12.8 Å². The largest absolute Gasteiger partial charge is 0.369 e. The van der Waals surface area contributed by atoms with Gasteiger partial charge < -0.3 is 10.0 Å². The van der Waals surface area contributed by atoms with Crippen LogP contribution in [-0.4, -0.2) is 22.0 Å². The molecule has 1 aliphatic heterocycles. The summed E-state index contributed by atoms with van der Waals surface area (Å²) in [6.45, 7) is 2.00. The summed E-state index contributed by atoms with van der Waals surface area (Å²) in [5.41, 5.74) is 2.59. The number of benzene rings is 2. The first-order valence-electron chi connectivity index (χ1n) is 7.32. The lowest BCUT2D eigenvalue weighted by Gasteiger charge is -2.28. The summed E-state index contributed by atoms with van der Waals surface area (Å²) in [5, 5.41) is 10.4. The number of amides is 1. The van der Waals surface area contributed by atoms with Gasteiger partial charge in [0.05, 0.1) is 0 Å². The summed E-state index contributed by atoms with van der Waals surface area (Å²) in [7, 11) is 0. The average Bonchev–Trinajstić information content (AvgIpc) is 2.78. The van der Waals surface area contributed by atoms with Gasteiger partial charge in [-0.1, -0.05) is 48.5 Å². The van der Waals surface area contributed by atoms with Gasteiger partial charge in [-0.05, 0) is 31.4 Å². The number of carbonyl (C=O) groups excluding carboxylic acids is 1. The molecule has 0 saturated carbocycles. The number of aliphatic hydroxyl groups is 1. The third-order valence-corrected chi connectivity index (χ3v) is 4.14. The molecule has 108 valence electrons. The van der Waals surface area contributed by atoms with Crippen LogP contribution < -0.4 is 0 Å². The number of nitrogens with zero attached hydrogens (tertiary/aromatic N) is 1. The van der Waals surface area contributed by atoms with Crippen molar-refractivity contribution in [1.82, 2.24) is 4.90 Å². The highest BCUT2D eigenvalue weighted by Crippen LogP contribution is 2.33. The summed E-state index contributed by atoms with van der Waals surface area (Å²) in [5.74, 6) is -0.0707. The van der Waals surface area contributed by atoms with Gasteiger partial charge in [0.15, 0.2) is 6.23 Å². The summed E-state index contributed by atoms with van der Waals surface area (Å²) in [6.07, 6.45) is 0.912. The Morgan fingerprint density at radius 1 is 1.10 bits per heavy atom. The predicted octanol–water partition coefficient (Wildman–Crippen LogP) is 3.15. The van der Waals surface area contributed by atoms with E-state index in [1.807, 2.05) is 43.3 Å². The quantitative estimate of drug-likeness (QED) is 0.935. The summed E-state index contributed by atoms with van der Waals surface area (Å²) >= 11 is 0. The molecule has 0 unspecified atom stereocenters. The van der Waals surface area contributed by atoms with Gasteiger partial charge in [-0.2, -0.15) is 0 Å². The molecule has 3 rings (SSSR count). The molecule has 21 heavy (non-hydrogen) atoms. The summed E-state index contributed by atoms with van der Waals surface area (Å²) < 4.78 is 0. The SMILES string of the molecule is C[C@@H](CCc1ccccc1)N1C(=O)c2ccccc2[C@H]1O. The van der Waals surface area contributed by atoms with E-state index in [1.165, 1.54) is 5.56 Å². The fourth-order valence-corrected chi connectivity index (χ4v) is 2.92. The van der Waals surface area contributed by atoms with Crippen LogP contribution in [0.1, 0.15) is 41.1 Å². The molecule has 1 N–H and O–H groups in total. The minimum absolute atomic E-state index is 0.0000983. The molecule has 2 atom stereocenters. The highest BCUT2D eigenvalue weighted by molar-refractivity contribution is 5.99. The van der Waals surface area contributed by atoms with Gasteiger partial charge in [0.2, 0.25) is 0 Å². The molecule has 2 aromatic rings. The second kappa shape index (κ2) is 5.70. The predicted molar refractivity (Wildman–Crippen MR) is 81.8 cm³/mol. The Balaban J connectivity index is 1.71. The Bertz CT molecular complexity index is 639. The molecule has 0 radical (unpaired) electrons. The van der Waals surface area contributed by atoms with Gasteiger partial charge in [-0.3, -0.25) is 4.79 Å². The topological polar surface area (TPSA) is 40.5 Å². The van der Waals surface area contributed by atoms with Crippen LogP contribution in [0.25, 0.3) is 0 Å². The number of fused-ring (bicyclic) bond motifs is 1. The smallest absolute Gasteiger partial charge is 0.256 e. The van der Waals surface area contributed by atoms with Crippen LogP contribution in [0.3, 0.4) is 0 Å². The standard InChI is InChI=1S/C18H19NO2/c1-13(11-12-14-7-3-2-4-8-14)19-17(20)15-9-5-6-10-16(15)18(19)21/h2-10,13,17,20H,11-12H2,1H3/t13-,17+/m0/s1. The minimum atomic E-state index is -0.820. The van der Waals surface area contributed by atoms with Crippen molar-refractivity contribution >= 4 is 5.91 Å². The lowest BCUT2D eigenvalue weighted by molar-refractivity contribution is -0.00118. The molecule has 0 fully saturated rings. The van der Waals surface area contributed by atoms with Crippen molar-refractivity contribution in [3.05, 3.63) is 71.3 Å². The number of carbonyl (C=O) groups is 1. The van der Waals surface area contributed by atoms with Crippen molar-refractivity contribution in [3.63, 3.8) is 0 Å². The third-order valence-electron chi connectivity index (χ3n) is 4.14. The monoisotopic (exact) mass is 281 g/mol. The van der Waals surface area contributed by atoms with Crippen LogP contribution in [0.4, 0.5) is 0 Å². The first kappa shape index (κ1) is 13.8. The normalized spacial score (nSPS) is 18.7.